The van der Waals surface area contributed by atoms with Crippen molar-refractivity contribution in [3.8, 4) is 0 Å². The van der Waals surface area contributed by atoms with Gasteiger partial charge in [0.1, 0.15) is 11.9 Å². The van der Waals surface area contributed by atoms with E-state index in [0.717, 1.165) is 5.56 Å². The summed E-state index contributed by atoms with van der Waals surface area (Å²) in [5, 5.41) is 2.94. The molecule has 2 atom stereocenters. The molecule has 6 heteroatoms. The third-order valence-electron chi connectivity index (χ3n) is 4.64. The van der Waals surface area contributed by atoms with Crippen LogP contribution in [-0.2, 0) is 14.3 Å². The van der Waals surface area contributed by atoms with Gasteiger partial charge in [0.25, 0.3) is 0 Å². The van der Waals surface area contributed by atoms with Crippen molar-refractivity contribution in [3.63, 3.8) is 0 Å². The maximum absolute atomic E-state index is 13.2. The van der Waals surface area contributed by atoms with Gasteiger partial charge in [0, 0.05) is 13.1 Å². The van der Waals surface area contributed by atoms with Gasteiger partial charge in [-0.25, -0.2) is 4.39 Å². The first-order valence-corrected chi connectivity index (χ1v) is 9.34. The highest BCUT2D eigenvalue weighted by Crippen LogP contribution is 2.21. The van der Waals surface area contributed by atoms with Gasteiger partial charge in [-0.05, 0) is 36.5 Å². The highest BCUT2D eigenvalue weighted by Gasteiger charge is 2.30. The molecule has 2 rings (SSSR count). The summed E-state index contributed by atoms with van der Waals surface area (Å²) in [6, 6.07) is 5.43. The van der Waals surface area contributed by atoms with Crippen molar-refractivity contribution in [2.75, 3.05) is 26.3 Å². The molecule has 1 saturated heterocycles. The molecule has 0 aromatic heterocycles. The average Bonchev–Trinajstić information content (AvgIpc) is 2.63. The number of carbonyl (C=O) groups excluding carboxylic acids is 2. The van der Waals surface area contributed by atoms with E-state index >= 15 is 0 Å². The lowest BCUT2D eigenvalue weighted by Gasteiger charge is -2.32. The van der Waals surface area contributed by atoms with Crippen molar-refractivity contribution in [1.29, 1.82) is 0 Å². The summed E-state index contributed by atoms with van der Waals surface area (Å²) in [6.45, 7) is 8.14. The van der Waals surface area contributed by atoms with Crippen LogP contribution >= 0.6 is 0 Å². The van der Waals surface area contributed by atoms with E-state index in [1.165, 1.54) is 12.1 Å². The van der Waals surface area contributed by atoms with Crippen LogP contribution in [-0.4, -0.2) is 49.1 Å². The van der Waals surface area contributed by atoms with Crippen LogP contribution in [0.3, 0.4) is 0 Å². The van der Waals surface area contributed by atoms with E-state index in [9.17, 15) is 14.0 Å². The fourth-order valence-corrected chi connectivity index (χ4v) is 3.24. The molecule has 0 saturated carbocycles. The van der Waals surface area contributed by atoms with Gasteiger partial charge >= 0.3 is 0 Å². The second-order valence-corrected chi connectivity index (χ2v) is 7.14. The molecule has 1 unspecified atom stereocenters. The molecule has 1 fully saturated rings. The van der Waals surface area contributed by atoms with Crippen LogP contribution in [0.15, 0.2) is 24.3 Å². The number of hydrogen-bond donors (Lipinski definition) is 1. The Bertz CT molecular complexity index is 598. The Morgan fingerprint density at radius 2 is 1.81 bits per heavy atom. The van der Waals surface area contributed by atoms with Crippen molar-refractivity contribution in [1.82, 2.24) is 10.2 Å². The SMILES string of the molecule is CCC(C(=O)N[C@@H](CC(C)C)C(=O)N1CCOCC1)c1ccc(F)cc1. The minimum absolute atomic E-state index is 0.0516. The summed E-state index contributed by atoms with van der Waals surface area (Å²) >= 11 is 0. The molecule has 1 heterocycles. The molecule has 1 aliphatic heterocycles. The van der Waals surface area contributed by atoms with Gasteiger partial charge in [-0.1, -0.05) is 32.9 Å². The van der Waals surface area contributed by atoms with Crippen molar-refractivity contribution < 1.29 is 18.7 Å². The topological polar surface area (TPSA) is 58.6 Å². The van der Waals surface area contributed by atoms with Crippen LogP contribution in [0.2, 0.25) is 0 Å². The van der Waals surface area contributed by atoms with Crippen LogP contribution in [0.5, 0.6) is 0 Å². The number of ether oxygens (including phenoxy) is 1. The van der Waals surface area contributed by atoms with E-state index in [1.54, 1.807) is 17.0 Å². The number of nitrogens with zero attached hydrogens (tertiary/aromatic N) is 1. The molecule has 0 aliphatic carbocycles. The number of rotatable bonds is 7. The van der Waals surface area contributed by atoms with Crippen molar-refractivity contribution >= 4 is 11.8 Å². The molecule has 2 amide bonds. The molecule has 144 valence electrons. The van der Waals surface area contributed by atoms with Crippen LogP contribution in [0.1, 0.15) is 45.1 Å². The molecular weight excluding hydrogens is 335 g/mol. The van der Waals surface area contributed by atoms with Crippen molar-refractivity contribution in [2.45, 2.75) is 45.6 Å². The molecule has 0 spiro atoms. The zero-order valence-corrected chi connectivity index (χ0v) is 15.8. The predicted octanol–water partition coefficient (Wildman–Crippen LogP) is 2.71. The average molecular weight is 364 g/mol. The molecule has 0 radical (unpaired) electrons. The van der Waals surface area contributed by atoms with Crippen LogP contribution in [0.25, 0.3) is 0 Å². The van der Waals surface area contributed by atoms with Crippen LogP contribution in [0.4, 0.5) is 4.39 Å². The number of halogens is 1. The summed E-state index contributed by atoms with van der Waals surface area (Å²) in [5.74, 6) is -0.696. The quantitative estimate of drug-likeness (QED) is 0.809. The summed E-state index contributed by atoms with van der Waals surface area (Å²) in [4.78, 5) is 27.5. The molecule has 26 heavy (non-hydrogen) atoms. The Kier molecular flexibility index (Phi) is 7.57. The first-order valence-electron chi connectivity index (χ1n) is 9.34. The summed E-state index contributed by atoms with van der Waals surface area (Å²) in [7, 11) is 0. The fraction of sp³-hybridized carbons (Fsp3) is 0.600. The first-order chi connectivity index (χ1) is 12.4. The third-order valence-corrected chi connectivity index (χ3v) is 4.64. The van der Waals surface area contributed by atoms with E-state index in [0.29, 0.717) is 39.1 Å². The normalized spacial score (nSPS) is 17.0. The molecule has 5 nitrogen and oxygen atoms in total. The lowest BCUT2D eigenvalue weighted by Crippen LogP contribution is -2.52. The maximum atomic E-state index is 13.2. The monoisotopic (exact) mass is 364 g/mol. The molecule has 1 N–H and O–H groups in total. The van der Waals surface area contributed by atoms with Gasteiger partial charge in [0.05, 0.1) is 19.1 Å². The number of hydrogen-bond acceptors (Lipinski definition) is 3. The first kappa shape index (κ1) is 20.4. The van der Waals surface area contributed by atoms with Crippen LogP contribution < -0.4 is 5.32 Å². The largest absolute Gasteiger partial charge is 0.378 e. The Morgan fingerprint density at radius 3 is 2.35 bits per heavy atom. The summed E-state index contributed by atoms with van der Waals surface area (Å²) in [6.07, 6.45) is 1.17. The number of amides is 2. The fourth-order valence-electron chi connectivity index (χ4n) is 3.24. The number of morpholine rings is 1. The third kappa shape index (κ3) is 5.53. The van der Waals surface area contributed by atoms with Gasteiger partial charge in [0.15, 0.2) is 0 Å². The minimum Gasteiger partial charge on any atom is -0.378 e. The van der Waals surface area contributed by atoms with Gasteiger partial charge in [-0.2, -0.15) is 0 Å². The zero-order valence-electron chi connectivity index (χ0n) is 15.8. The number of benzene rings is 1. The Hall–Kier alpha value is -1.95. The van der Waals surface area contributed by atoms with E-state index in [2.05, 4.69) is 5.32 Å². The zero-order chi connectivity index (χ0) is 19.1. The second-order valence-electron chi connectivity index (χ2n) is 7.14. The molecule has 0 bridgehead atoms. The van der Waals surface area contributed by atoms with Gasteiger partial charge in [0.2, 0.25) is 11.8 Å². The van der Waals surface area contributed by atoms with Crippen molar-refractivity contribution in [2.24, 2.45) is 5.92 Å². The van der Waals surface area contributed by atoms with E-state index < -0.39 is 12.0 Å². The Labute approximate surface area is 154 Å². The maximum Gasteiger partial charge on any atom is 0.245 e. The standard InChI is InChI=1S/C20H29FN2O3/c1-4-17(15-5-7-16(21)8-6-15)19(24)22-18(13-14(2)3)20(25)23-9-11-26-12-10-23/h5-8,14,17-18H,4,9-13H2,1-3H3,(H,22,24)/t17?,18-/m0/s1. The lowest BCUT2D eigenvalue weighted by molar-refractivity contribution is -0.140. The van der Waals surface area contributed by atoms with E-state index in [1.807, 2.05) is 20.8 Å². The van der Waals surface area contributed by atoms with Gasteiger partial charge in [-0.3, -0.25) is 9.59 Å². The molecule has 1 aromatic rings. The highest BCUT2D eigenvalue weighted by molar-refractivity contribution is 5.90. The molecule has 1 aliphatic rings. The molecular formula is C20H29FN2O3. The van der Waals surface area contributed by atoms with Crippen molar-refractivity contribution in [3.05, 3.63) is 35.6 Å². The Morgan fingerprint density at radius 1 is 1.19 bits per heavy atom. The van der Waals surface area contributed by atoms with Gasteiger partial charge < -0.3 is 15.0 Å². The van der Waals surface area contributed by atoms with Crippen LogP contribution in [0, 0.1) is 11.7 Å². The number of nitrogens with one attached hydrogen (secondary N) is 1. The minimum atomic E-state index is -0.546. The lowest BCUT2D eigenvalue weighted by atomic mass is 9.94. The highest BCUT2D eigenvalue weighted by atomic mass is 19.1. The molecule has 1 aromatic carbocycles. The van der Waals surface area contributed by atoms with Gasteiger partial charge in [-0.15, -0.1) is 0 Å². The summed E-state index contributed by atoms with van der Waals surface area (Å²) in [5.41, 5.74) is 0.758. The summed E-state index contributed by atoms with van der Waals surface area (Å²) < 4.78 is 18.5. The number of carbonyl (C=O) groups is 2. The predicted molar refractivity (Wildman–Crippen MR) is 98.2 cm³/mol. The second kappa shape index (κ2) is 9.67. The van der Waals surface area contributed by atoms with E-state index in [4.69, 9.17) is 4.74 Å². The smallest absolute Gasteiger partial charge is 0.245 e. The van der Waals surface area contributed by atoms with E-state index in [-0.39, 0.29) is 23.5 Å². The Balaban J connectivity index is 2.10.